The average molecular weight is 1290 g/mol. The second-order valence-electron chi connectivity index (χ2n) is 25.6. The number of carbonyl (C=O) groups excluding carboxylic acids is 2. The molecule has 528 valence electrons. The van der Waals surface area contributed by atoms with E-state index in [1.165, 1.54) is 148 Å². The topological polar surface area (TPSA) is 175 Å². The number of nitrogens with one attached hydrogen (secondary N) is 1. The molecule has 11 heteroatoms. The summed E-state index contributed by atoms with van der Waals surface area (Å²) in [7, 11) is 0. The fourth-order valence-corrected chi connectivity index (χ4v) is 11.2. The molecule has 0 bridgehead atoms. The van der Waals surface area contributed by atoms with E-state index < -0.39 is 67.4 Å². The summed E-state index contributed by atoms with van der Waals surface area (Å²) in [6.45, 7) is 5.66. The lowest BCUT2D eigenvalue weighted by Gasteiger charge is -2.41. The smallest absolute Gasteiger partial charge is 0.306 e. The first kappa shape index (κ1) is 86.1. The highest BCUT2D eigenvalue weighted by Crippen LogP contribution is 2.26. The summed E-state index contributed by atoms with van der Waals surface area (Å²) in [6, 6.07) is -1.04. The van der Waals surface area contributed by atoms with Crippen LogP contribution in [0.15, 0.2) is 122 Å². The number of rotatable bonds is 64. The second kappa shape index (κ2) is 67.1. The highest BCUT2D eigenvalue weighted by atomic mass is 16.7. The number of amides is 1. The molecule has 1 amide bonds. The molecule has 0 saturated carbocycles. The Labute approximate surface area is 563 Å². The van der Waals surface area contributed by atoms with Gasteiger partial charge in [-0.15, -0.1) is 0 Å². The molecule has 0 aromatic carbocycles. The van der Waals surface area contributed by atoms with Gasteiger partial charge in [-0.3, -0.25) is 9.59 Å². The number of unbranched alkanes of at least 4 members (excludes halogenated alkanes) is 32. The second-order valence-corrected chi connectivity index (χ2v) is 25.6. The van der Waals surface area contributed by atoms with Crippen molar-refractivity contribution in [3.63, 3.8) is 0 Å². The average Bonchev–Trinajstić information content (AvgIpc) is 0.928. The summed E-state index contributed by atoms with van der Waals surface area (Å²) in [5.41, 5.74) is 0. The van der Waals surface area contributed by atoms with Crippen LogP contribution in [0, 0.1) is 0 Å². The molecule has 0 spiro atoms. The molecule has 8 unspecified atom stereocenters. The molecule has 92 heavy (non-hydrogen) atoms. The van der Waals surface area contributed by atoms with Crippen molar-refractivity contribution in [3.05, 3.63) is 122 Å². The molecular weight excluding hydrogens is 1150 g/mol. The van der Waals surface area contributed by atoms with Gasteiger partial charge in [0.2, 0.25) is 5.91 Å². The zero-order valence-electron chi connectivity index (χ0n) is 58.9. The summed E-state index contributed by atoms with van der Waals surface area (Å²) in [6.07, 6.45) is 83.8. The van der Waals surface area contributed by atoms with Gasteiger partial charge in [0.25, 0.3) is 0 Å². The van der Waals surface area contributed by atoms with Gasteiger partial charge in [-0.05, 0) is 116 Å². The summed E-state index contributed by atoms with van der Waals surface area (Å²) in [4.78, 5) is 26.7. The van der Waals surface area contributed by atoms with Crippen molar-refractivity contribution in [2.75, 3.05) is 13.2 Å². The first-order valence-corrected chi connectivity index (χ1v) is 37.8. The maximum atomic E-state index is 13.5. The number of hydrogen-bond donors (Lipinski definition) is 6. The van der Waals surface area contributed by atoms with E-state index in [1.54, 1.807) is 6.08 Å². The molecule has 0 radical (unpaired) electrons. The molecule has 6 N–H and O–H groups in total. The largest absolute Gasteiger partial charge is 0.454 e. The molecule has 1 heterocycles. The number of aliphatic hydroxyl groups is 5. The van der Waals surface area contributed by atoms with Crippen LogP contribution in [0.2, 0.25) is 0 Å². The van der Waals surface area contributed by atoms with Gasteiger partial charge in [-0.2, -0.15) is 0 Å². The van der Waals surface area contributed by atoms with Crippen molar-refractivity contribution in [2.45, 2.75) is 365 Å². The first-order valence-electron chi connectivity index (χ1n) is 37.8. The first-order chi connectivity index (χ1) is 45.2. The van der Waals surface area contributed by atoms with Gasteiger partial charge < -0.3 is 45.1 Å². The minimum Gasteiger partial charge on any atom is -0.454 e. The van der Waals surface area contributed by atoms with Crippen LogP contribution >= 0.6 is 0 Å². The molecule has 0 aromatic rings. The summed E-state index contributed by atoms with van der Waals surface area (Å²) in [5, 5.41) is 57.3. The molecule has 1 aliphatic heterocycles. The number of allylic oxidation sites excluding steroid dienone is 19. The lowest BCUT2D eigenvalue weighted by Crippen LogP contribution is -2.61. The quantitative estimate of drug-likeness (QED) is 0.0195. The molecule has 1 fully saturated rings. The number of hydrogen-bond acceptors (Lipinski definition) is 10. The normalized spacial score (nSPS) is 18.6. The van der Waals surface area contributed by atoms with Crippen LogP contribution in [-0.4, -0.2) is 99.6 Å². The SMILES string of the molecule is CC/C=C\C/C=C\C/C=C\C/C=C\C/C=C\C/C=C\CCCCCCCC(O)C(=O)NC(COC1OC(CO)C(O)C(O)C1OC(=O)CCCCCCCCCCCCCCCC/C=C\C/C=C\C/C=C\CCCCC)C(O)/C=C/CCCCCCCCCCCC. The Bertz CT molecular complexity index is 1970. The maximum absolute atomic E-state index is 13.5. The van der Waals surface area contributed by atoms with Gasteiger partial charge >= 0.3 is 5.97 Å². The lowest BCUT2D eigenvalue weighted by atomic mass is 9.99. The van der Waals surface area contributed by atoms with E-state index in [1.807, 2.05) is 6.08 Å². The lowest BCUT2D eigenvalue weighted by molar-refractivity contribution is -0.305. The molecule has 1 aliphatic rings. The zero-order chi connectivity index (χ0) is 66.7. The highest BCUT2D eigenvalue weighted by Gasteiger charge is 2.47. The van der Waals surface area contributed by atoms with E-state index in [9.17, 15) is 35.1 Å². The minimum absolute atomic E-state index is 0.116. The molecule has 0 aliphatic carbocycles. The third-order valence-electron chi connectivity index (χ3n) is 17.1. The van der Waals surface area contributed by atoms with Crippen LogP contribution in [0.5, 0.6) is 0 Å². The Morgan fingerprint density at radius 1 is 0.435 bits per heavy atom. The van der Waals surface area contributed by atoms with Crippen molar-refractivity contribution >= 4 is 11.9 Å². The molecule has 8 atom stereocenters. The van der Waals surface area contributed by atoms with E-state index >= 15 is 0 Å². The number of ether oxygens (including phenoxy) is 3. The van der Waals surface area contributed by atoms with E-state index in [2.05, 4.69) is 135 Å². The number of esters is 1. The summed E-state index contributed by atoms with van der Waals surface area (Å²) in [5.74, 6) is -1.21. The summed E-state index contributed by atoms with van der Waals surface area (Å²) >= 11 is 0. The third-order valence-corrected chi connectivity index (χ3v) is 17.1. The Morgan fingerprint density at radius 3 is 1.20 bits per heavy atom. The van der Waals surface area contributed by atoms with Gasteiger partial charge in [0, 0.05) is 6.42 Å². The van der Waals surface area contributed by atoms with E-state index in [-0.39, 0.29) is 19.4 Å². The predicted octanol–water partition coefficient (Wildman–Crippen LogP) is 20.1. The number of aliphatic hydroxyl groups excluding tert-OH is 5. The Balaban J connectivity index is 2.55. The maximum Gasteiger partial charge on any atom is 0.306 e. The van der Waals surface area contributed by atoms with Crippen molar-refractivity contribution in [1.29, 1.82) is 0 Å². The van der Waals surface area contributed by atoms with Crippen LogP contribution in [0.1, 0.15) is 316 Å². The van der Waals surface area contributed by atoms with Crippen molar-refractivity contribution in [1.82, 2.24) is 5.32 Å². The van der Waals surface area contributed by atoms with Crippen LogP contribution in [0.3, 0.4) is 0 Å². The molecular formula is C81H139NO10. The van der Waals surface area contributed by atoms with Crippen molar-refractivity contribution < 1.29 is 49.3 Å². The van der Waals surface area contributed by atoms with Crippen LogP contribution in [0.4, 0.5) is 0 Å². The summed E-state index contributed by atoms with van der Waals surface area (Å²) < 4.78 is 17.7. The Hall–Kier alpha value is -3.94. The third kappa shape index (κ3) is 53.3. The highest BCUT2D eigenvalue weighted by molar-refractivity contribution is 5.80. The monoisotopic (exact) mass is 1290 g/mol. The van der Waals surface area contributed by atoms with Crippen LogP contribution in [0.25, 0.3) is 0 Å². The van der Waals surface area contributed by atoms with E-state index in [4.69, 9.17) is 14.2 Å². The van der Waals surface area contributed by atoms with E-state index in [0.717, 1.165) is 122 Å². The van der Waals surface area contributed by atoms with Crippen molar-refractivity contribution in [3.8, 4) is 0 Å². The van der Waals surface area contributed by atoms with Crippen LogP contribution in [-0.2, 0) is 23.8 Å². The molecule has 1 rings (SSSR count). The van der Waals surface area contributed by atoms with Gasteiger partial charge in [0.1, 0.15) is 24.4 Å². The van der Waals surface area contributed by atoms with Crippen molar-refractivity contribution in [2.24, 2.45) is 0 Å². The fourth-order valence-electron chi connectivity index (χ4n) is 11.2. The van der Waals surface area contributed by atoms with Crippen LogP contribution < -0.4 is 5.32 Å². The number of carbonyl (C=O) groups is 2. The molecule has 0 aromatic heterocycles. The van der Waals surface area contributed by atoms with Gasteiger partial charge in [-0.1, -0.05) is 316 Å². The zero-order valence-corrected chi connectivity index (χ0v) is 58.9. The van der Waals surface area contributed by atoms with E-state index in [0.29, 0.717) is 12.8 Å². The predicted molar refractivity (Wildman–Crippen MR) is 388 cm³/mol. The standard InChI is InChI=1S/C81H139NO10/c1-4-7-10-13-16-19-22-25-27-29-31-33-35-37-38-39-41-43-45-47-49-51-54-57-60-63-66-69-76(86)92-79-78(88)77(87)75(70-83)91-81(79)90-71-72(73(84)67-64-61-58-55-52-24-21-18-15-12-9-6-3)82-80(89)74(85)68-65-62-59-56-53-50-48-46-44-42-40-36-34-32-30-28-26-23-20-17-14-11-8-5-2/h8,11,16-17,19-20,25-28,31-34,40,42,46,48,64,67,72-75,77-79,81,83-85,87-88H,4-7,9-10,12-15,18,21-24,29-30,35-39,41,43-45,47,49-63,65-66,68-71H2,1-3H3,(H,82,89)/b11-8-,19-16-,20-17-,27-25-,28-26-,33-31-,34-32-,42-40-,48-46-,67-64+. The molecule has 11 nitrogen and oxygen atoms in total. The minimum atomic E-state index is -1.62. The van der Waals surface area contributed by atoms with Gasteiger partial charge in [-0.25, -0.2) is 0 Å². The van der Waals surface area contributed by atoms with Gasteiger partial charge in [0.15, 0.2) is 12.4 Å². The fraction of sp³-hybridized carbons (Fsp3) is 0.728. The molecule has 1 saturated heterocycles. The Kier molecular flexibility index (Phi) is 62.7. The van der Waals surface area contributed by atoms with Gasteiger partial charge in [0.05, 0.1) is 25.4 Å². The Morgan fingerprint density at radius 2 is 0.783 bits per heavy atom.